The van der Waals surface area contributed by atoms with Gasteiger partial charge in [0.1, 0.15) is 10.9 Å². The van der Waals surface area contributed by atoms with E-state index in [-0.39, 0.29) is 11.8 Å². The monoisotopic (exact) mass is 468 g/mol. The second-order valence-electron chi connectivity index (χ2n) is 8.52. The highest BCUT2D eigenvalue weighted by molar-refractivity contribution is 8.00. The summed E-state index contributed by atoms with van der Waals surface area (Å²) in [6.45, 7) is 10.7. The molecule has 0 spiro atoms. The van der Waals surface area contributed by atoms with E-state index in [9.17, 15) is 4.79 Å². The molecule has 1 atom stereocenters. The molecule has 1 aliphatic heterocycles. The Morgan fingerprint density at radius 3 is 2.73 bits per heavy atom. The number of thioether (sulfide) groups is 1. The van der Waals surface area contributed by atoms with Crippen LogP contribution < -0.4 is 0 Å². The molecule has 33 heavy (non-hydrogen) atoms. The number of Topliss-reactive ketones (excluding diaryl/α,β-unsaturated/α-hetero) is 1. The van der Waals surface area contributed by atoms with Crippen molar-refractivity contribution in [2.24, 2.45) is 0 Å². The average molecular weight is 469 g/mol. The normalized spacial score (nSPS) is 15.8. The van der Waals surface area contributed by atoms with E-state index in [1.807, 2.05) is 44.2 Å². The number of aromatic nitrogens is 3. The maximum absolute atomic E-state index is 13.2. The number of methoxy groups -OCH3 is 1. The van der Waals surface area contributed by atoms with E-state index < -0.39 is 0 Å². The van der Waals surface area contributed by atoms with Gasteiger partial charge in [-0.05, 0) is 32.9 Å². The number of benzene rings is 1. The van der Waals surface area contributed by atoms with E-state index >= 15 is 0 Å². The molecule has 0 amide bonds. The van der Waals surface area contributed by atoms with E-state index in [0.29, 0.717) is 18.9 Å². The molecular weight excluding hydrogens is 436 g/mol. The van der Waals surface area contributed by atoms with Crippen molar-refractivity contribution in [1.82, 2.24) is 19.4 Å². The van der Waals surface area contributed by atoms with Crippen molar-refractivity contribution in [1.29, 1.82) is 0 Å². The Kier molecular flexibility index (Phi) is 7.80. The first-order chi connectivity index (χ1) is 16.0. The second-order valence-corrected chi connectivity index (χ2v) is 9.49. The highest BCUT2D eigenvalue weighted by atomic mass is 32.2. The first kappa shape index (κ1) is 23.9. The van der Waals surface area contributed by atoms with E-state index in [2.05, 4.69) is 16.4 Å². The number of hydrogen-bond acceptors (Lipinski definition) is 7. The van der Waals surface area contributed by atoms with Crippen molar-refractivity contribution >= 4 is 28.4 Å². The summed E-state index contributed by atoms with van der Waals surface area (Å²) in [4.78, 5) is 25.1. The summed E-state index contributed by atoms with van der Waals surface area (Å²) in [7, 11) is 1.70. The van der Waals surface area contributed by atoms with Gasteiger partial charge in [0.05, 0.1) is 43.7 Å². The number of carbonyl (C=O) groups excluding carboxylic acids is 1. The predicted molar refractivity (Wildman–Crippen MR) is 131 cm³/mol. The largest absolute Gasteiger partial charge is 0.383 e. The van der Waals surface area contributed by atoms with Gasteiger partial charge in [-0.1, -0.05) is 30.0 Å². The van der Waals surface area contributed by atoms with Gasteiger partial charge in [0.25, 0.3) is 0 Å². The van der Waals surface area contributed by atoms with Crippen molar-refractivity contribution in [2.75, 3.05) is 45.8 Å². The first-order valence-electron chi connectivity index (χ1n) is 11.4. The zero-order valence-corrected chi connectivity index (χ0v) is 20.7. The predicted octanol–water partition coefficient (Wildman–Crippen LogP) is 4.06. The molecule has 176 valence electrons. The summed E-state index contributed by atoms with van der Waals surface area (Å²) in [5.74, 6) is 1.24. The lowest BCUT2D eigenvalue weighted by Gasteiger charge is -2.25. The second kappa shape index (κ2) is 10.8. The lowest BCUT2D eigenvalue weighted by Crippen LogP contribution is -2.36. The van der Waals surface area contributed by atoms with Crippen molar-refractivity contribution in [2.45, 2.75) is 38.4 Å². The fraction of sp³-hybridized carbons (Fsp3) is 0.480. The lowest BCUT2D eigenvalue weighted by molar-refractivity contribution is 0.0330. The zero-order chi connectivity index (χ0) is 23.4. The smallest absolute Gasteiger partial charge is 0.174 e. The molecule has 1 fully saturated rings. The minimum atomic E-state index is 0.112. The molecule has 8 heteroatoms. The third kappa shape index (κ3) is 5.46. The van der Waals surface area contributed by atoms with Gasteiger partial charge in [0.15, 0.2) is 5.78 Å². The van der Waals surface area contributed by atoms with Crippen LogP contribution in [0.25, 0.3) is 10.9 Å². The summed E-state index contributed by atoms with van der Waals surface area (Å²) in [6, 6.07) is 10.2. The van der Waals surface area contributed by atoms with E-state index in [1.165, 1.54) is 11.8 Å². The highest BCUT2D eigenvalue weighted by Gasteiger charge is 2.20. The van der Waals surface area contributed by atoms with Crippen LogP contribution in [0.4, 0.5) is 0 Å². The van der Waals surface area contributed by atoms with Crippen LogP contribution in [-0.2, 0) is 16.0 Å². The topological polar surface area (TPSA) is 69.5 Å². The van der Waals surface area contributed by atoms with Crippen molar-refractivity contribution in [3.8, 4) is 0 Å². The molecule has 0 N–H and O–H groups in total. The quantitative estimate of drug-likeness (QED) is 0.266. The molecule has 0 unspecified atom stereocenters. The summed E-state index contributed by atoms with van der Waals surface area (Å²) in [6.07, 6.45) is 0. The van der Waals surface area contributed by atoms with Gasteiger partial charge >= 0.3 is 0 Å². The number of ketones is 1. The number of nitrogens with zero attached hydrogens (tertiary/aromatic N) is 4. The zero-order valence-electron chi connectivity index (χ0n) is 19.8. The van der Waals surface area contributed by atoms with Crippen LogP contribution in [0.3, 0.4) is 0 Å². The van der Waals surface area contributed by atoms with Crippen LogP contribution >= 0.6 is 11.8 Å². The Morgan fingerprint density at radius 1 is 1.21 bits per heavy atom. The van der Waals surface area contributed by atoms with Gasteiger partial charge in [-0.3, -0.25) is 9.69 Å². The van der Waals surface area contributed by atoms with Crippen LogP contribution in [0, 0.1) is 13.8 Å². The van der Waals surface area contributed by atoms with Gasteiger partial charge in [0, 0.05) is 42.5 Å². The first-order valence-corrected chi connectivity index (χ1v) is 12.4. The van der Waals surface area contributed by atoms with Crippen LogP contribution in [0.5, 0.6) is 0 Å². The number of para-hydroxylation sites is 1. The van der Waals surface area contributed by atoms with Crippen molar-refractivity contribution < 1.29 is 14.3 Å². The highest BCUT2D eigenvalue weighted by Crippen LogP contribution is 2.28. The summed E-state index contributed by atoms with van der Waals surface area (Å²) in [5, 5.41) is 1.85. The van der Waals surface area contributed by atoms with Crippen LogP contribution in [-0.4, -0.2) is 71.0 Å². The van der Waals surface area contributed by atoms with Gasteiger partial charge < -0.3 is 14.0 Å². The number of fused-ring (bicyclic) bond motifs is 1. The average Bonchev–Trinajstić information content (AvgIpc) is 3.12. The summed E-state index contributed by atoms with van der Waals surface area (Å²) in [5.41, 5.74) is 3.75. The van der Waals surface area contributed by atoms with E-state index in [1.54, 1.807) is 7.11 Å². The molecule has 0 saturated carbocycles. The Hall–Kier alpha value is -2.26. The van der Waals surface area contributed by atoms with Crippen molar-refractivity contribution in [3.63, 3.8) is 0 Å². The molecule has 4 rings (SSSR count). The molecule has 3 aromatic rings. The van der Waals surface area contributed by atoms with Crippen molar-refractivity contribution in [3.05, 3.63) is 53.1 Å². The molecule has 0 aliphatic carbocycles. The third-order valence-electron chi connectivity index (χ3n) is 6.06. The SMILES string of the molecule is COC[C@H](C)n1c(C)cc(C(=O)CSc2nc(CN3CCOCC3)nc3ccccc23)c1C. The molecule has 2 aromatic heterocycles. The molecule has 3 heterocycles. The standard InChI is InChI=1S/C25H32N4O3S/c1-17-13-21(19(3)29(17)18(2)15-31-4)23(30)16-33-25-20-7-5-6-8-22(20)26-24(27-25)14-28-9-11-32-12-10-28/h5-8,13,18H,9-12,14-16H2,1-4H3/t18-/m0/s1. The molecule has 1 saturated heterocycles. The van der Waals surface area contributed by atoms with Gasteiger partial charge in [-0.15, -0.1) is 0 Å². The maximum atomic E-state index is 13.2. The van der Waals surface area contributed by atoms with E-state index in [4.69, 9.17) is 19.4 Å². The number of ether oxygens (including phenoxy) is 2. The Labute approximate surface area is 199 Å². The number of carbonyl (C=O) groups is 1. The molecule has 1 aliphatic rings. The Bertz CT molecular complexity index is 1120. The molecule has 0 radical (unpaired) electrons. The minimum absolute atomic E-state index is 0.112. The van der Waals surface area contributed by atoms with Crippen LogP contribution in [0.15, 0.2) is 35.4 Å². The van der Waals surface area contributed by atoms with Gasteiger partial charge in [-0.2, -0.15) is 0 Å². The van der Waals surface area contributed by atoms with Gasteiger partial charge in [-0.25, -0.2) is 9.97 Å². The van der Waals surface area contributed by atoms with Gasteiger partial charge in [0.2, 0.25) is 0 Å². The Balaban J connectivity index is 1.54. The fourth-order valence-electron chi connectivity index (χ4n) is 4.50. The minimum Gasteiger partial charge on any atom is -0.383 e. The van der Waals surface area contributed by atoms with Crippen LogP contribution in [0.2, 0.25) is 0 Å². The Morgan fingerprint density at radius 2 is 1.97 bits per heavy atom. The van der Waals surface area contributed by atoms with E-state index in [0.717, 1.165) is 65.0 Å². The number of rotatable bonds is 9. The fourth-order valence-corrected chi connectivity index (χ4v) is 5.42. The maximum Gasteiger partial charge on any atom is 0.174 e. The lowest BCUT2D eigenvalue weighted by atomic mass is 10.2. The molecular formula is C25H32N4O3S. The molecule has 0 bridgehead atoms. The number of aryl methyl sites for hydroxylation is 1. The number of morpholine rings is 1. The number of hydrogen-bond donors (Lipinski definition) is 0. The third-order valence-corrected chi connectivity index (χ3v) is 7.05. The van der Waals surface area contributed by atoms with Crippen LogP contribution in [0.1, 0.15) is 40.5 Å². The summed E-state index contributed by atoms with van der Waals surface area (Å²) >= 11 is 1.49. The molecule has 1 aromatic carbocycles. The summed E-state index contributed by atoms with van der Waals surface area (Å²) < 4.78 is 13.0. The molecule has 7 nitrogen and oxygen atoms in total.